The van der Waals surface area contributed by atoms with Gasteiger partial charge >= 0.3 is 0 Å². The fourth-order valence-corrected chi connectivity index (χ4v) is 4.76. The number of aromatic nitrogens is 1. The topological polar surface area (TPSA) is 50.3 Å². The zero-order valence-electron chi connectivity index (χ0n) is 14.1. The molecule has 1 aliphatic heterocycles. The Hall–Kier alpha value is -2.76. The molecule has 0 aliphatic carbocycles. The lowest BCUT2D eigenvalue weighted by atomic mass is 10.0. The number of hydrogen-bond acceptors (Lipinski definition) is 3. The Morgan fingerprint density at radius 3 is 2.42 bits per heavy atom. The fourth-order valence-electron chi connectivity index (χ4n) is 3.14. The normalized spacial score (nSPS) is 17.8. The van der Waals surface area contributed by atoms with Crippen LogP contribution in [0.5, 0.6) is 0 Å². The molecule has 0 radical (unpaired) electrons. The Bertz CT molecular complexity index is 1050. The first-order valence-electron chi connectivity index (χ1n) is 8.40. The van der Waals surface area contributed by atoms with Gasteiger partial charge in [-0.05, 0) is 41.0 Å². The van der Waals surface area contributed by atoms with Crippen LogP contribution < -0.4 is 0 Å². The first kappa shape index (κ1) is 16.7. The minimum Gasteiger partial charge on any atom is -0.260 e. The van der Waals surface area contributed by atoms with Gasteiger partial charge in [-0.15, -0.1) is 0 Å². The number of fused-ring (bicyclic) bond motifs is 1. The average molecular weight is 362 g/mol. The van der Waals surface area contributed by atoms with Crippen LogP contribution in [-0.2, 0) is 16.6 Å². The molecule has 3 aromatic rings. The van der Waals surface area contributed by atoms with Gasteiger partial charge < -0.3 is 0 Å². The molecule has 0 saturated carbocycles. The molecule has 0 spiro atoms. The Morgan fingerprint density at radius 1 is 0.923 bits per heavy atom. The maximum Gasteiger partial charge on any atom is 0.244 e. The minimum atomic E-state index is -3.55. The van der Waals surface area contributed by atoms with Gasteiger partial charge in [-0.3, -0.25) is 4.98 Å². The molecule has 5 heteroatoms. The van der Waals surface area contributed by atoms with Crippen molar-refractivity contribution in [2.45, 2.75) is 11.4 Å². The molecule has 2 heterocycles. The van der Waals surface area contributed by atoms with Crippen LogP contribution in [0.3, 0.4) is 0 Å². The average Bonchev–Trinajstić information content (AvgIpc) is 2.67. The van der Waals surface area contributed by atoms with Gasteiger partial charge in [0.05, 0.1) is 17.1 Å². The van der Waals surface area contributed by atoms with Crippen molar-refractivity contribution in [3.05, 3.63) is 95.8 Å². The molecule has 0 atom stereocenters. The van der Waals surface area contributed by atoms with Gasteiger partial charge in [0.25, 0.3) is 0 Å². The maximum absolute atomic E-state index is 13.1. The third kappa shape index (κ3) is 3.19. The number of sulfonamides is 1. The van der Waals surface area contributed by atoms with Crippen LogP contribution in [0.2, 0.25) is 0 Å². The monoisotopic (exact) mass is 362 g/mol. The van der Waals surface area contributed by atoms with E-state index in [2.05, 4.69) is 11.1 Å². The van der Waals surface area contributed by atoms with E-state index >= 15 is 0 Å². The summed E-state index contributed by atoms with van der Waals surface area (Å²) in [4.78, 5) is 4.63. The quantitative estimate of drug-likeness (QED) is 0.712. The third-order valence-electron chi connectivity index (χ3n) is 4.40. The molecule has 0 bridgehead atoms. The van der Waals surface area contributed by atoms with Gasteiger partial charge in [-0.2, -0.15) is 4.31 Å². The second-order valence-electron chi connectivity index (χ2n) is 6.17. The number of pyridine rings is 1. The molecule has 0 amide bonds. The Kier molecular flexibility index (Phi) is 4.41. The van der Waals surface area contributed by atoms with Crippen LogP contribution in [0.15, 0.2) is 83.9 Å². The summed E-state index contributed by atoms with van der Waals surface area (Å²) in [6.07, 6.45) is 3.74. The van der Waals surface area contributed by atoms with Crippen molar-refractivity contribution in [3.8, 4) is 0 Å². The first-order chi connectivity index (χ1) is 12.6. The summed E-state index contributed by atoms with van der Waals surface area (Å²) < 4.78 is 27.6. The van der Waals surface area contributed by atoms with Crippen LogP contribution in [0, 0.1) is 0 Å². The van der Waals surface area contributed by atoms with Crippen LogP contribution >= 0.6 is 0 Å². The maximum atomic E-state index is 13.1. The van der Waals surface area contributed by atoms with Crippen molar-refractivity contribution in [3.63, 3.8) is 0 Å². The molecule has 4 rings (SSSR count). The van der Waals surface area contributed by atoms with E-state index in [-0.39, 0.29) is 6.54 Å². The molecule has 0 unspecified atom stereocenters. The summed E-state index contributed by atoms with van der Waals surface area (Å²) in [5.41, 5.74) is 3.54. The van der Waals surface area contributed by atoms with Crippen molar-refractivity contribution < 1.29 is 8.42 Å². The summed E-state index contributed by atoms with van der Waals surface area (Å²) >= 11 is 0. The smallest absolute Gasteiger partial charge is 0.244 e. The molecular formula is C21H18N2O2S. The zero-order valence-corrected chi connectivity index (χ0v) is 14.9. The molecule has 2 aromatic carbocycles. The van der Waals surface area contributed by atoms with Crippen molar-refractivity contribution in [1.29, 1.82) is 0 Å². The Morgan fingerprint density at radius 2 is 1.65 bits per heavy atom. The highest BCUT2D eigenvalue weighted by molar-refractivity contribution is 7.89. The van der Waals surface area contributed by atoms with Crippen molar-refractivity contribution in [1.82, 2.24) is 9.29 Å². The standard InChI is InChI=1S/C21H18N2O2S/c24-26(25)21-12-5-4-11-20(21)18(14-17-8-2-1-3-9-17)15-23(26)16-19-10-6-7-13-22-19/h1-14H,15-16H2/b18-14+. The highest BCUT2D eigenvalue weighted by Gasteiger charge is 2.33. The largest absolute Gasteiger partial charge is 0.260 e. The highest BCUT2D eigenvalue weighted by Crippen LogP contribution is 2.34. The fraction of sp³-hybridized carbons (Fsp3) is 0.0952. The van der Waals surface area contributed by atoms with E-state index in [1.54, 1.807) is 18.3 Å². The Labute approximate surface area is 153 Å². The van der Waals surface area contributed by atoms with Crippen LogP contribution in [0.1, 0.15) is 16.8 Å². The number of nitrogens with zero attached hydrogens (tertiary/aromatic N) is 2. The third-order valence-corrected chi connectivity index (χ3v) is 6.25. The summed E-state index contributed by atoms with van der Waals surface area (Å²) in [5, 5.41) is 0. The van der Waals surface area contributed by atoms with E-state index in [9.17, 15) is 8.42 Å². The van der Waals surface area contributed by atoms with E-state index in [0.717, 1.165) is 22.4 Å². The van der Waals surface area contributed by atoms with Crippen molar-refractivity contribution in [2.24, 2.45) is 0 Å². The SMILES string of the molecule is O=S1(=O)c2ccccc2/C(=C/c2ccccc2)CN1Cc1ccccn1. The van der Waals surface area contributed by atoms with E-state index in [0.29, 0.717) is 11.4 Å². The zero-order chi connectivity index (χ0) is 18.0. The number of benzene rings is 2. The van der Waals surface area contributed by atoms with Gasteiger partial charge in [0.15, 0.2) is 0 Å². The van der Waals surface area contributed by atoms with Crippen molar-refractivity contribution >= 4 is 21.7 Å². The molecule has 26 heavy (non-hydrogen) atoms. The van der Waals surface area contributed by atoms with Gasteiger partial charge in [0.1, 0.15) is 0 Å². The molecular weight excluding hydrogens is 344 g/mol. The van der Waals surface area contributed by atoms with Crippen LogP contribution in [-0.4, -0.2) is 24.3 Å². The van der Waals surface area contributed by atoms with Gasteiger partial charge in [-0.1, -0.05) is 54.6 Å². The number of rotatable bonds is 3. The lowest BCUT2D eigenvalue weighted by Crippen LogP contribution is -2.36. The molecule has 0 N–H and O–H groups in total. The minimum absolute atomic E-state index is 0.254. The second-order valence-corrected chi connectivity index (χ2v) is 8.08. The second kappa shape index (κ2) is 6.86. The van der Waals surface area contributed by atoms with Crippen LogP contribution in [0.25, 0.3) is 11.6 Å². The lowest BCUT2D eigenvalue weighted by Gasteiger charge is -2.30. The molecule has 4 nitrogen and oxygen atoms in total. The van der Waals surface area contributed by atoms with Crippen LogP contribution in [0.4, 0.5) is 0 Å². The predicted molar refractivity (Wildman–Crippen MR) is 103 cm³/mol. The lowest BCUT2D eigenvalue weighted by molar-refractivity contribution is 0.432. The highest BCUT2D eigenvalue weighted by atomic mass is 32.2. The van der Waals surface area contributed by atoms with E-state index < -0.39 is 10.0 Å². The molecule has 1 aromatic heterocycles. The van der Waals surface area contributed by atoms with Gasteiger partial charge in [0, 0.05) is 12.7 Å². The predicted octanol–water partition coefficient (Wildman–Crippen LogP) is 3.83. The summed E-state index contributed by atoms with van der Waals surface area (Å²) in [6.45, 7) is 0.578. The van der Waals surface area contributed by atoms with Crippen molar-refractivity contribution in [2.75, 3.05) is 6.54 Å². The first-order valence-corrected chi connectivity index (χ1v) is 9.84. The Balaban J connectivity index is 1.80. The van der Waals surface area contributed by atoms with E-state index in [1.165, 1.54) is 4.31 Å². The summed E-state index contributed by atoms with van der Waals surface area (Å²) in [6, 6.07) is 22.7. The molecule has 0 fully saturated rings. The van der Waals surface area contributed by atoms with Gasteiger partial charge in [0.2, 0.25) is 10.0 Å². The summed E-state index contributed by atoms with van der Waals surface area (Å²) in [5.74, 6) is 0. The number of hydrogen-bond donors (Lipinski definition) is 0. The summed E-state index contributed by atoms with van der Waals surface area (Å²) in [7, 11) is -3.55. The molecule has 130 valence electrons. The molecule has 1 aliphatic rings. The van der Waals surface area contributed by atoms with E-state index in [4.69, 9.17) is 0 Å². The van der Waals surface area contributed by atoms with Gasteiger partial charge in [-0.25, -0.2) is 8.42 Å². The van der Waals surface area contributed by atoms with E-state index in [1.807, 2.05) is 60.7 Å². The molecule has 0 saturated heterocycles.